The van der Waals surface area contributed by atoms with Crippen LogP contribution in [-0.2, 0) is 6.54 Å². The molecular formula is C15H13BrF3NO. The lowest BCUT2D eigenvalue weighted by Crippen LogP contribution is -2.03. The first-order valence-electron chi connectivity index (χ1n) is 6.19. The average molecular weight is 360 g/mol. The van der Waals surface area contributed by atoms with Crippen LogP contribution in [0.15, 0.2) is 40.9 Å². The minimum atomic E-state index is -2.83. The monoisotopic (exact) mass is 359 g/mol. The number of rotatable bonds is 5. The number of halogens is 4. The van der Waals surface area contributed by atoms with Crippen molar-refractivity contribution < 1.29 is 17.9 Å². The van der Waals surface area contributed by atoms with Crippen molar-refractivity contribution in [2.24, 2.45) is 0 Å². The van der Waals surface area contributed by atoms with Crippen LogP contribution in [-0.4, -0.2) is 6.61 Å². The number of anilines is 1. The van der Waals surface area contributed by atoms with Crippen molar-refractivity contribution in [2.45, 2.75) is 20.1 Å². The fourth-order valence-corrected chi connectivity index (χ4v) is 2.17. The number of benzene rings is 2. The lowest BCUT2D eigenvalue weighted by molar-refractivity contribution is -0.0498. The summed E-state index contributed by atoms with van der Waals surface area (Å²) in [6.45, 7) is -0.529. The van der Waals surface area contributed by atoms with Gasteiger partial charge in [-0.05, 0) is 58.2 Å². The van der Waals surface area contributed by atoms with Gasteiger partial charge < -0.3 is 10.1 Å². The first-order valence-corrected chi connectivity index (χ1v) is 6.98. The Morgan fingerprint density at radius 2 is 1.86 bits per heavy atom. The van der Waals surface area contributed by atoms with E-state index in [0.29, 0.717) is 11.0 Å². The van der Waals surface area contributed by atoms with Crippen molar-refractivity contribution >= 4 is 21.6 Å². The number of alkyl halides is 2. The van der Waals surface area contributed by atoms with Gasteiger partial charge in [0.1, 0.15) is 11.6 Å². The number of hydrogen-bond donors (Lipinski definition) is 1. The molecule has 0 spiro atoms. The van der Waals surface area contributed by atoms with Gasteiger partial charge in [0.05, 0.1) is 4.47 Å². The van der Waals surface area contributed by atoms with E-state index in [1.807, 2.05) is 0 Å². The molecule has 0 saturated heterocycles. The van der Waals surface area contributed by atoms with Crippen molar-refractivity contribution in [3.8, 4) is 5.75 Å². The molecule has 0 fully saturated rings. The molecule has 0 atom stereocenters. The van der Waals surface area contributed by atoms with E-state index in [4.69, 9.17) is 0 Å². The van der Waals surface area contributed by atoms with Crippen molar-refractivity contribution in [1.29, 1.82) is 0 Å². The molecule has 2 aromatic carbocycles. The van der Waals surface area contributed by atoms with Gasteiger partial charge in [-0.3, -0.25) is 0 Å². The summed E-state index contributed by atoms with van der Waals surface area (Å²) in [6.07, 6.45) is 0. The average Bonchev–Trinajstić information content (AvgIpc) is 2.42. The Bertz CT molecular complexity index is 617. The molecule has 21 heavy (non-hydrogen) atoms. The van der Waals surface area contributed by atoms with Gasteiger partial charge in [0.2, 0.25) is 0 Å². The molecule has 0 aliphatic rings. The summed E-state index contributed by atoms with van der Waals surface area (Å²) in [5.41, 5.74) is 2.49. The van der Waals surface area contributed by atoms with Gasteiger partial charge in [-0.1, -0.05) is 12.1 Å². The molecule has 0 aromatic heterocycles. The lowest BCUT2D eigenvalue weighted by atomic mass is 10.1. The number of ether oxygens (including phenoxy) is 1. The Morgan fingerprint density at radius 3 is 2.48 bits per heavy atom. The number of aryl methyl sites for hydroxylation is 1. The van der Waals surface area contributed by atoms with Gasteiger partial charge in [0.25, 0.3) is 0 Å². The fraction of sp³-hybridized carbons (Fsp3) is 0.200. The van der Waals surface area contributed by atoms with E-state index >= 15 is 0 Å². The van der Waals surface area contributed by atoms with Gasteiger partial charge in [0.15, 0.2) is 0 Å². The fourth-order valence-electron chi connectivity index (χ4n) is 1.82. The predicted octanol–water partition coefficient (Wildman–Crippen LogP) is 5.11. The zero-order valence-electron chi connectivity index (χ0n) is 11.2. The van der Waals surface area contributed by atoms with Crippen LogP contribution in [0.25, 0.3) is 0 Å². The largest absolute Gasteiger partial charge is 0.435 e. The van der Waals surface area contributed by atoms with Crippen molar-refractivity contribution in [1.82, 2.24) is 0 Å². The number of nitrogens with one attached hydrogen (secondary N) is 1. The summed E-state index contributed by atoms with van der Waals surface area (Å²) in [5, 5.41) is 3.17. The summed E-state index contributed by atoms with van der Waals surface area (Å²) in [5.74, 6) is -0.194. The molecule has 2 aromatic rings. The molecule has 0 amide bonds. The smallest absolute Gasteiger partial charge is 0.387 e. The highest BCUT2D eigenvalue weighted by atomic mass is 79.9. The molecule has 0 radical (unpaired) electrons. The summed E-state index contributed by atoms with van der Waals surface area (Å²) in [4.78, 5) is 0. The molecule has 2 rings (SSSR count). The Kier molecular flexibility index (Phi) is 5.12. The Labute approximate surface area is 129 Å². The molecule has 1 N–H and O–H groups in total. The first-order chi connectivity index (χ1) is 9.95. The second-order valence-corrected chi connectivity index (χ2v) is 5.31. The third kappa shape index (κ3) is 4.39. The maximum absolute atomic E-state index is 13.3. The normalized spacial score (nSPS) is 10.8. The van der Waals surface area contributed by atoms with E-state index in [0.717, 1.165) is 16.8 Å². The van der Waals surface area contributed by atoms with Crippen LogP contribution in [0.1, 0.15) is 11.1 Å². The van der Waals surface area contributed by atoms with Crippen LogP contribution in [0.3, 0.4) is 0 Å². The van der Waals surface area contributed by atoms with E-state index < -0.39 is 6.61 Å². The maximum Gasteiger partial charge on any atom is 0.387 e. The highest BCUT2D eigenvalue weighted by Gasteiger charge is 2.06. The summed E-state index contributed by atoms with van der Waals surface area (Å²) in [7, 11) is 0. The molecule has 0 bridgehead atoms. The maximum atomic E-state index is 13.3. The van der Waals surface area contributed by atoms with Gasteiger partial charge in [-0.15, -0.1) is 0 Å². The van der Waals surface area contributed by atoms with Gasteiger partial charge in [-0.25, -0.2) is 4.39 Å². The molecular weight excluding hydrogens is 347 g/mol. The van der Waals surface area contributed by atoms with Crippen LogP contribution in [0, 0.1) is 12.7 Å². The molecule has 0 saturated carbocycles. The highest BCUT2D eigenvalue weighted by Crippen LogP contribution is 2.25. The molecule has 0 heterocycles. The minimum Gasteiger partial charge on any atom is -0.435 e. The van der Waals surface area contributed by atoms with Crippen LogP contribution in [0.5, 0.6) is 5.75 Å². The van der Waals surface area contributed by atoms with Crippen LogP contribution in [0.2, 0.25) is 0 Å². The number of hydrogen-bond acceptors (Lipinski definition) is 2. The third-order valence-electron chi connectivity index (χ3n) is 2.90. The van der Waals surface area contributed by atoms with Crippen molar-refractivity contribution in [2.75, 3.05) is 5.32 Å². The Morgan fingerprint density at radius 1 is 1.19 bits per heavy atom. The first kappa shape index (κ1) is 15.7. The lowest BCUT2D eigenvalue weighted by Gasteiger charge is -2.11. The minimum absolute atomic E-state index is 0.120. The molecule has 0 aliphatic heterocycles. The summed E-state index contributed by atoms with van der Waals surface area (Å²) in [6, 6.07) is 9.45. The molecule has 112 valence electrons. The summed E-state index contributed by atoms with van der Waals surface area (Å²) < 4.78 is 42.1. The van der Waals surface area contributed by atoms with E-state index in [1.165, 1.54) is 18.2 Å². The SMILES string of the molecule is Cc1cc(F)c(Br)cc1NCc1ccc(OC(F)F)cc1. The van der Waals surface area contributed by atoms with E-state index in [2.05, 4.69) is 26.0 Å². The molecule has 6 heteroatoms. The second kappa shape index (κ2) is 6.85. The second-order valence-electron chi connectivity index (χ2n) is 4.46. The molecule has 0 aliphatic carbocycles. The van der Waals surface area contributed by atoms with Crippen LogP contribution >= 0.6 is 15.9 Å². The predicted molar refractivity (Wildman–Crippen MR) is 79.2 cm³/mol. The van der Waals surface area contributed by atoms with Crippen molar-refractivity contribution in [3.63, 3.8) is 0 Å². The topological polar surface area (TPSA) is 21.3 Å². The summed E-state index contributed by atoms with van der Waals surface area (Å²) >= 11 is 3.14. The quantitative estimate of drug-likeness (QED) is 0.800. The zero-order chi connectivity index (χ0) is 15.4. The Hall–Kier alpha value is -1.69. The van der Waals surface area contributed by atoms with Crippen LogP contribution in [0.4, 0.5) is 18.9 Å². The van der Waals surface area contributed by atoms with Crippen LogP contribution < -0.4 is 10.1 Å². The van der Waals surface area contributed by atoms with E-state index in [-0.39, 0.29) is 11.6 Å². The molecule has 0 unspecified atom stereocenters. The van der Waals surface area contributed by atoms with Gasteiger partial charge in [-0.2, -0.15) is 8.78 Å². The Balaban J connectivity index is 2.01. The van der Waals surface area contributed by atoms with Crippen molar-refractivity contribution in [3.05, 3.63) is 57.8 Å². The third-order valence-corrected chi connectivity index (χ3v) is 3.51. The van der Waals surface area contributed by atoms with Gasteiger partial charge in [0, 0.05) is 12.2 Å². The van der Waals surface area contributed by atoms with E-state index in [9.17, 15) is 13.2 Å². The van der Waals surface area contributed by atoms with Gasteiger partial charge >= 0.3 is 6.61 Å². The highest BCUT2D eigenvalue weighted by molar-refractivity contribution is 9.10. The standard InChI is InChI=1S/C15H13BrF3NO/c1-9-6-13(17)12(16)7-14(9)20-8-10-2-4-11(5-3-10)21-15(18)19/h2-7,15,20H,8H2,1H3. The molecule has 2 nitrogen and oxygen atoms in total. The zero-order valence-corrected chi connectivity index (χ0v) is 12.8. The van der Waals surface area contributed by atoms with E-state index in [1.54, 1.807) is 25.1 Å².